The summed E-state index contributed by atoms with van der Waals surface area (Å²) in [6.07, 6.45) is 5.88. The van der Waals surface area contributed by atoms with Gasteiger partial charge in [-0.05, 0) is 36.6 Å². The van der Waals surface area contributed by atoms with Crippen molar-refractivity contribution in [2.45, 2.75) is 13.3 Å². The van der Waals surface area contributed by atoms with Crippen LogP contribution in [0.25, 0.3) is 0 Å². The smallest absolute Gasteiger partial charge is 0.319 e. The molecule has 2 aromatic heterocycles. The minimum atomic E-state index is -0.324. The van der Waals surface area contributed by atoms with E-state index >= 15 is 0 Å². The summed E-state index contributed by atoms with van der Waals surface area (Å²) in [7, 11) is 1.66. The molecule has 6 nitrogen and oxygen atoms in total. The number of urea groups is 1. The Morgan fingerprint density at radius 1 is 1.38 bits per heavy atom. The lowest BCUT2D eigenvalue weighted by Gasteiger charge is -2.09. The van der Waals surface area contributed by atoms with Crippen molar-refractivity contribution in [1.82, 2.24) is 14.9 Å². The molecule has 2 rings (SSSR count). The molecule has 0 saturated carbocycles. The molecule has 0 bridgehead atoms. The van der Waals surface area contributed by atoms with Gasteiger partial charge in [-0.15, -0.1) is 0 Å². The van der Waals surface area contributed by atoms with Crippen molar-refractivity contribution in [3.8, 4) is 0 Å². The second-order valence-corrected chi connectivity index (χ2v) is 4.80. The molecule has 110 valence electrons. The molecule has 0 aliphatic rings. The first-order valence-corrected chi connectivity index (χ1v) is 6.67. The summed E-state index contributed by atoms with van der Waals surface area (Å²) < 4.78 is 1.44. The average molecular weight is 286 g/mol. The lowest BCUT2D eigenvalue weighted by atomic mass is 10.1. The van der Waals surface area contributed by atoms with Crippen molar-refractivity contribution in [1.29, 1.82) is 0 Å². The highest BCUT2D eigenvalue weighted by Gasteiger charge is 2.03. The third-order valence-corrected chi connectivity index (χ3v) is 3.18. The average Bonchev–Trinajstić information content (AvgIpc) is 2.45. The van der Waals surface area contributed by atoms with Gasteiger partial charge in [0, 0.05) is 43.9 Å². The fourth-order valence-corrected chi connectivity index (χ4v) is 1.89. The van der Waals surface area contributed by atoms with Crippen LogP contribution in [0.5, 0.6) is 0 Å². The van der Waals surface area contributed by atoms with Gasteiger partial charge in [0.2, 0.25) is 0 Å². The lowest BCUT2D eigenvalue weighted by molar-refractivity contribution is 0.252. The van der Waals surface area contributed by atoms with Crippen LogP contribution in [0.1, 0.15) is 11.1 Å². The Morgan fingerprint density at radius 3 is 2.90 bits per heavy atom. The van der Waals surface area contributed by atoms with E-state index in [1.807, 2.05) is 13.0 Å². The van der Waals surface area contributed by atoms with Gasteiger partial charge in [0.25, 0.3) is 5.56 Å². The van der Waals surface area contributed by atoms with Crippen molar-refractivity contribution >= 4 is 11.7 Å². The van der Waals surface area contributed by atoms with Crippen LogP contribution >= 0.6 is 0 Å². The standard InChI is InChI=1S/C15H18N4O2/c1-11-10-16-6-3-12(11)4-7-17-15(21)18-13-5-8-19(2)14(20)9-13/h3,5-6,8-10H,4,7H2,1-2H3,(H2,17,18,21). The van der Waals surface area contributed by atoms with Gasteiger partial charge in [-0.3, -0.25) is 9.78 Å². The molecule has 0 fully saturated rings. The fourth-order valence-electron chi connectivity index (χ4n) is 1.89. The van der Waals surface area contributed by atoms with Crippen molar-refractivity contribution in [2.24, 2.45) is 7.05 Å². The predicted molar refractivity (Wildman–Crippen MR) is 81.4 cm³/mol. The van der Waals surface area contributed by atoms with Crippen molar-refractivity contribution in [3.05, 3.63) is 58.3 Å². The Labute approximate surface area is 122 Å². The summed E-state index contributed by atoms with van der Waals surface area (Å²) in [5, 5.41) is 5.40. The third kappa shape index (κ3) is 4.17. The fraction of sp³-hybridized carbons (Fsp3) is 0.267. The van der Waals surface area contributed by atoms with E-state index in [4.69, 9.17) is 0 Å². The minimum Gasteiger partial charge on any atom is -0.338 e. The van der Waals surface area contributed by atoms with E-state index in [2.05, 4.69) is 15.6 Å². The molecular formula is C15H18N4O2. The molecule has 0 aliphatic carbocycles. The number of carbonyl (C=O) groups is 1. The minimum absolute atomic E-state index is 0.166. The van der Waals surface area contributed by atoms with Gasteiger partial charge in [0.1, 0.15) is 0 Å². The zero-order chi connectivity index (χ0) is 15.2. The summed E-state index contributed by atoms with van der Waals surface area (Å²) in [4.78, 5) is 27.2. The zero-order valence-electron chi connectivity index (χ0n) is 12.1. The van der Waals surface area contributed by atoms with E-state index in [0.29, 0.717) is 12.2 Å². The molecule has 0 aromatic carbocycles. The predicted octanol–water partition coefficient (Wildman–Crippen LogP) is 1.45. The highest BCUT2D eigenvalue weighted by molar-refractivity contribution is 5.89. The molecule has 2 N–H and O–H groups in total. The molecule has 0 aliphatic heterocycles. The summed E-state index contributed by atoms with van der Waals surface area (Å²) in [5.41, 5.74) is 2.57. The molecule has 0 atom stereocenters. The van der Waals surface area contributed by atoms with Crippen LogP contribution in [0.15, 0.2) is 41.6 Å². The van der Waals surface area contributed by atoms with E-state index in [1.54, 1.807) is 31.7 Å². The summed E-state index contributed by atoms with van der Waals surface area (Å²) in [6.45, 7) is 2.50. The molecule has 0 radical (unpaired) electrons. The number of pyridine rings is 2. The van der Waals surface area contributed by atoms with E-state index in [0.717, 1.165) is 17.5 Å². The molecular weight excluding hydrogens is 268 g/mol. The maximum atomic E-state index is 11.7. The number of anilines is 1. The van der Waals surface area contributed by atoms with Gasteiger partial charge in [0.05, 0.1) is 0 Å². The van der Waals surface area contributed by atoms with Crippen molar-refractivity contribution < 1.29 is 4.79 Å². The normalized spacial score (nSPS) is 10.2. The molecule has 21 heavy (non-hydrogen) atoms. The van der Waals surface area contributed by atoms with Crippen molar-refractivity contribution in [2.75, 3.05) is 11.9 Å². The zero-order valence-corrected chi connectivity index (χ0v) is 12.1. The lowest BCUT2D eigenvalue weighted by Crippen LogP contribution is -2.31. The molecule has 6 heteroatoms. The molecule has 0 spiro atoms. The van der Waals surface area contributed by atoms with Crippen LogP contribution in [0.4, 0.5) is 10.5 Å². The highest BCUT2D eigenvalue weighted by atomic mass is 16.2. The van der Waals surface area contributed by atoms with Gasteiger partial charge >= 0.3 is 6.03 Å². The Balaban J connectivity index is 1.84. The largest absolute Gasteiger partial charge is 0.338 e. The number of aromatic nitrogens is 2. The van der Waals surface area contributed by atoms with E-state index in [-0.39, 0.29) is 11.6 Å². The van der Waals surface area contributed by atoms with Crippen molar-refractivity contribution in [3.63, 3.8) is 0 Å². The van der Waals surface area contributed by atoms with Crippen LogP contribution in [0.3, 0.4) is 0 Å². The Morgan fingerprint density at radius 2 is 2.19 bits per heavy atom. The van der Waals surface area contributed by atoms with Gasteiger partial charge in [-0.1, -0.05) is 0 Å². The second kappa shape index (κ2) is 6.69. The molecule has 2 heterocycles. The SMILES string of the molecule is Cc1cnccc1CCNC(=O)Nc1ccn(C)c(=O)c1. The van der Waals surface area contributed by atoms with E-state index < -0.39 is 0 Å². The topological polar surface area (TPSA) is 76.0 Å². The van der Waals surface area contributed by atoms with Crippen LogP contribution in [-0.4, -0.2) is 22.1 Å². The summed E-state index contributed by atoms with van der Waals surface area (Å²) >= 11 is 0. The monoisotopic (exact) mass is 286 g/mol. The third-order valence-electron chi connectivity index (χ3n) is 3.18. The molecule has 2 aromatic rings. The Hall–Kier alpha value is -2.63. The number of rotatable bonds is 4. The summed E-state index contributed by atoms with van der Waals surface area (Å²) in [6, 6.07) is 4.67. The number of hydrogen-bond donors (Lipinski definition) is 2. The number of nitrogens with zero attached hydrogens (tertiary/aromatic N) is 2. The first-order valence-electron chi connectivity index (χ1n) is 6.67. The number of amides is 2. The van der Waals surface area contributed by atoms with E-state index in [9.17, 15) is 9.59 Å². The molecule has 0 saturated heterocycles. The van der Waals surface area contributed by atoms with Crippen LogP contribution in [-0.2, 0) is 13.5 Å². The van der Waals surface area contributed by atoms with Crippen LogP contribution in [0, 0.1) is 6.92 Å². The molecule has 2 amide bonds. The van der Waals surface area contributed by atoms with Gasteiger partial charge in [0.15, 0.2) is 0 Å². The number of carbonyl (C=O) groups excluding carboxylic acids is 1. The van der Waals surface area contributed by atoms with Gasteiger partial charge < -0.3 is 15.2 Å². The first kappa shape index (κ1) is 14.8. The maximum Gasteiger partial charge on any atom is 0.319 e. The number of aryl methyl sites for hydroxylation is 2. The van der Waals surface area contributed by atoms with Crippen LogP contribution < -0.4 is 16.2 Å². The van der Waals surface area contributed by atoms with Crippen LogP contribution in [0.2, 0.25) is 0 Å². The number of hydrogen-bond acceptors (Lipinski definition) is 3. The maximum absolute atomic E-state index is 11.7. The quantitative estimate of drug-likeness (QED) is 0.893. The van der Waals surface area contributed by atoms with E-state index in [1.165, 1.54) is 10.6 Å². The second-order valence-electron chi connectivity index (χ2n) is 4.80. The van der Waals surface area contributed by atoms with Gasteiger partial charge in [-0.25, -0.2) is 4.79 Å². The number of nitrogens with one attached hydrogen (secondary N) is 2. The first-order chi connectivity index (χ1) is 10.1. The molecule has 0 unspecified atom stereocenters. The van der Waals surface area contributed by atoms with Gasteiger partial charge in [-0.2, -0.15) is 0 Å². The Kier molecular flexibility index (Phi) is 4.71. The summed E-state index contributed by atoms with van der Waals surface area (Å²) in [5.74, 6) is 0. The highest BCUT2D eigenvalue weighted by Crippen LogP contribution is 2.05. The Bertz CT molecular complexity index is 694.